The molecule has 1 fully saturated rings. The Hall–Kier alpha value is -0.630. The lowest BCUT2D eigenvalue weighted by Gasteiger charge is -2.29. The van der Waals surface area contributed by atoms with E-state index in [1.54, 1.807) is 11.2 Å². The largest absolute Gasteiger partial charge is 0.305 e. The van der Waals surface area contributed by atoms with E-state index in [2.05, 4.69) is 15.1 Å². The molecule has 0 amide bonds. The Labute approximate surface area is 131 Å². The Kier molecular flexibility index (Phi) is 5.29. The van der Waals surface area contributed by atoms with E-state index in [1.165, 1.54) is 0 Å². The van der Waals surface area contributed by atoms with Gasteiger partial charge in [-0.05, 0) is 33.4 Å². The minimum absolute atomic E-state index is 0.0139. The zero-order valence-electron chi connectivity index (χ0n) is 12.8. The van der Waals surface area contributed by atoms with Gasteiger partial charge in [0.2, 0.25) is 10.0 Å². The standard InChI is InChI=1S/C13H23ClN4O2S/c1-4-11-9-17(3)6-5-7-18(11)21(19,20)13-10(2)15-16-12(13)8-14/h11H,4-9H2,1-3H3,(H,15,16). The highest BCUT2D eigenvalue weighted by molar-refractivity contribution is 7.89. The van der Waals surface area contributed by atoms with Gasteiger partial charge in [0.15, 0.2) is 0 Å². The summed E-state index contributed by atoms with van der Waals surface area (Å²) in [5, 5.41) is 6.75. The molecule has 0 saturated carbocycles. The van der Waals surface area contributed by atoms with Crippen molar-refractivity contribution >= 4 is 21.6 Å². The van der Waals surface area contributed by atoms with E-state index in [9.17, 15) is 8.42 Å². The molecule has 1 aliphatic heterocycles. The molecule has 1 aromatic rings. The number of nitrogens with one attached hydrogen (secondary N) is 1. The lowest BCUT2D eigenvalue weighted by atomic mass is 10.2. The number of likely N-dealkylation sites (N-methyl/N-ethyl adjacent to an activating group) is 1. The van der Waals surface area contributed by atoms with Crippen molar-refractivity contribution in [1.29, 1.82) is 0 Å². The number of hydrogen-bond acceptors (Lipinski definition) is 4. The van der Waals surface area contributed by atoms with Gasteiger partial charge >= 0.3 is 0 Å². The van der Waals surface area contributed by atoms with Crippen molar-refractivity contribution in [2.75, 3.05) is 26.7 Å². The molecule has 8 heteroatoms. The van der Waals surface area contributed by atoms with Gasteiger partial charge in [-0.2, -0.15) is 9.40 Å². The van der Waals surface area contributed by atoms with E-state index in [0.29, 0.717) is 17.9 Å². The first-order valence-electron chi connectivity index (χ1n) is 7.22. The number of hydrogen-bond donors (Lipinski definition) is 1. The van der Waals surface area contributed by atoms with Crippen LogP contribution in [0.3, 0.4) is 0 Å². The fraction of sp³-hybridized carbons (Fsp3) is 0.769. The van der Waals surface area contributed by atoms with Crippen molar-refractivity contribution in [1.82, 2.24) is 19.4 Å². The highest BCUT2D eigenvalue weighted by atomic mass is 35.5. The fourth-order valence-corrected chi connectivity index (χ4v) is 5.22. The number of alkyl halides is 1. The first kappa shape index (κ1) is 16.7. The number of nitrogens with zero attached hydrogens (tertiary/aromatic N) is 3. The Morgan fingerprint density at radius 1 is 1.43 bits per heavy atom. The smallest absolute Gasteiger partial charge is 0.247 e. The zero-order valence-corrected chi connectivity index (χ0v) is 14.3. The van der Waals surface area contributed by atoms with Crippen LogP contribution in [-0.4, -0.2) is 60.5 Å². The van der Waals surface area contributed by atoms with Crippen LogP contribution >= 0.6 is 11.6 Å². The Balaban J connectivity index is 2.43. The van der Waals surface area contributed by atoms with Crippen LogP contribution in [0.1, 0.15) is 31.2 Å². The molecule has 0 aliphatic carbocycles. The van der Waals surface area contributed by atoms with Crippen LogP contribution in [0, 0.1) is 6.92 Å². The van der Waals surface area contributed by atoms with Gasteiger partial charge in [0.25, 0.3) is 0 Å². The molecule has 6 nitrogen and oxygen atoms in total. The third-order valence-corrected chi connectivity index (χ3v) is 6.38. The zero-order chi connectivity index (χ0) is 15.6. The molecule has 1 N–H and O–H groups in total. The van der Waals surface area contributed by atoms with Crippen LogP contribution in [0.2, 0.25) is 0 Å². The van der Waals surface area contributed by atoms with E-state index in [-0.39, 0.29) is 16.8 Å². The van der Waals surface area contributed by atoms with Crippen molar-refractivity contribution in [3.05, 3.63) is 11.4 Å². The topological polar surface area (TPSA) is 69.3 Å². The van der Waals surface area contributed by atoms with Crippen LogP contribution < -0.4 is 0 Å². The lowest BCUT2D eigenvalue weighted by molar-refractivity contribution is 0.270. The molecule has 2 rings (SSSR count). The van der Waals surface area contributed by atoms with Crippen molar-refractivity contribution in [3.63, 3.8) is 0 Å². The molecule has 0 radical (unpaired) electrons. The number of aryl methyl sites for hydroxylation is 1. The van der Waals surface area contributed by atoms with Gasteiger partial charge in [0, 0.05) is 19.1 Å². The van der Waals surface area contributed by atoms with Crippen molar-refractivity contribution in [2.24, 2.45) is 0 Å². The molecule has 120 valence electrons. The average molecular weight is 335 g/mol. The molecule has 0 aromatic carbocycles. The van der Waals surface area contributed by atoms with Gasteiger partial charge in [0.1, 0.15) is 4.90 Å². The number of aromatic nitrogens is 2. The van der Waals surface area contributed by atoms with Gasteiger partial charge in [0.05, 0.1) is 17.3 Å². The van der Waals surface area contributed by atoms with Crippen molar-refractivity contribution in [3.8, 4) is 0 Å². The molecule has 1 unspecified atom stereocenters. The third-order valence-electron chi connectivity index (χ3n) is 3.97. The van der Waals surface area contributed by atoms with E-state index in [0.717, 1.165) is 25.9 Å². The molecule has 1 aliphatic rings. The molecule has 1 saturated heterocycles. The van der Waals surface area contributed by atoms with Crippen LogP contribution in [-0.2, 0) is 15.9 Å². The first-order valence-corrected chi connectivity index (χ1v) is 9.19. The molecule has 0 bridgehead atoms. The van der Waals surface area contributed by atoms with Crippen LogP contribution in [0.4, 0.5) is 0 Å². The minimum Gasteiger partial charge on any atom is -0.305 e. The number of aromatic amines is 1. The van der Waals surface area contributed by atoms with Gasteiger partial charge < -0.3 is 4.90 Å². The molecule has 1 aromatic heterocycles. The lowest BCUT2D eigenvalue weighted by Crippen LogP contribution is -2.43. The molecule has 2 heterocycles. The second-order valence-electron chi connectivity index (χ2n) is 5.55. The summed E-state index contributed by atoms with van der Waals surface area (Å²) < 4.78 is 27.8. The predicted octanol–water partition coefficient (Wildman–Crippen LogP) is 1.56. The van der Waals surface area contributed by atoms with Gasteiger partial charge in [-0.3, -0.25) is 5.10 Å². The van der Waals surface area contributed by atoms with E-state index >= 15 is 0 Å². The number of sulfonamides is 1. The van der Waals surface area contributed by atoms with Gasteiger partial charge in [-0.1, -0.05) is 6.92 Å². The minimum atomic E-state index is -3.57. The van der Waals surface area contributed by atoms with Crippen LogP contribution in [0.5, 0.6) is 0 Å². The van der Waals surface area contributed by atoms with Gasteiger partial charge in [-0.15, -0.1) is 11.6 Å². The molecular formula is C13H23ClN4O2S. The Bertz CT molecular complexity index is 587. The highest BCUT2D eigenvalue weighted by Crippen LogP contribution is 2.27. The van der Waals surface area contributed by atoms with E-state index in [1.807, 2.05) is 14.0 Å². The SMILES string of the molecule is CCC1CN(C)CCCN1S(=O)(=O)c1c(CCl)n[nH]c1C. The second kappa shape index (κ2) is 6.64. The normalized spacial score (nSPS) is 22.4. The molecule has 1 atom stereocenters. The van der Waals surface area contributed by atoms with Crippen molar-refractivity contribution < 1.29 is 8.42 Å². The van der Waals surface area contributed by atoms with Crippen LogP contribution in [0.25, 0.3) is 0 Å². The Morgan fingerprint density at radius 3 is 2.76 bits per heavy atom. The maximum absolute atomic E-state index is 13.1. The number of H-pyrrole nitrogens is 1. The summed E-state index contributed by atoms with van der Waals surface area (Å²) in [7, 11) is -1.54. The third kappa shape index (κ3) is 3.26. The monoisotopic (exact) mass is 334 g/mol. The van der Waals surface area contributed by atoms with E-state index < -0.39 is 10.0 Å². The highest BCUT2D eigenvalue weighted by Gasteiger charge is 2.36. The summed E-state index contributed by atoms with van der Waals surface area (Å²) in [5.74, 6) is 0.0867. The maximum Gasteiger partial charge on any atom is 0.247 e. The number of rotatable bonds is 4. The summed E-state index contributed by atoms with van der Waals surface area (Å²) in [6, 6.07) is -0.0139. The molecular weight excluding hydrogens is 312 g/mol. The summed E-state index contributed by atoms with van der Waals surface area (Å²) in [4.78, 5) is 2.44. The predicted molar refractivity (Wildman–Crippen MR) is 83.0 cm³/mol. The average Bonchev–Trinajstić information content (AvgIpc) is 2.71. The summed E-state index contributed by atoms with van der Waals surface area (Å²) in [5.41, 5.74) is 0.958. The second-order valence-corrected chi connectivity index (χ2v) is 7.65. The molecule has 0 spiro atoms. The summed E-state index contributed by atoms with van der Waals surface area (Å²) >= 11 is 5.84. The summed E-state index contributed by atoms with van der Waals surface area (Å²) in [6.07, 6.45) is 1.62. The Morgan fingerprint density at radius 2 is 2.14 bits per heavy atom. The molecule has 21 heavy (non-hydrogen) atoms. The van der Waals surface area contributed by atoms with Crippen molar-refractivity contribution in [2.45, 2.75) is 43.5 Å². The first-order chi connectivity index (χ1) is 9.91. The summed E-state index contributed by atoms with van der Waals surface area (Å²) in [6.45, 7) is 5.95. The number of halogens is 1. The van der Waals surface area contributed by atoms with Crippen LogP contribution in [0.15, 0.2) is 4.90 Å². The van der Waals surface area contributed by atoms with Gasteiger partial charge in [-0.25, -0.2) is 8.42 Å². The van der Waals surface area contributed by atoms with E-state index in [4.69, 9.17) is 11.6 Å². The fourth-order valence-electron chi connectivity index (χ4n) is 2.89. The quantitative estimate of drug-likeness (QED) is 0.848. The maximum atomic E-state index is 13.1.